The first-order chi connectivity index (χ1) is 8.27. The van der Waals surface area contributed by atoms with Gasteiger partial charge in [0.05, 0.1) is 0 Å². The lowest BCUT2D eigenvalue weighted by Crippen LogP contribution is -1.84. The van der Waals surface area contributed by atoms with Crippen molar-refractivity contribution in [2.45, 2.75) is 64.7 Å². The minimum Gasteiger partial charge on any atom is -0.478 e. The summed E-state index contributed by atoms with van der Waals surface area (Å²) in [5.74, 6) is -0.887. The van der Waals surface area contributed by atoms with E-state index >= 15 is 0 Å². The van der Waals surface area contributed by atoms with Gasteiger partial charge in [-0.15, -0.1) is 0 Å². The summed E-state index contributed by atoms with van der Waals surface area (Å²) in [6.07, 6.45) is 18.3. The van der Waals surface area contributed by atoms with Crippen molar-refractivity contribution in [2.75, 3.05) is 0 Å². The first-order valence-electron chi connectivity index (χ1n) is 6.83. The molecule has 0 aliphatic heterocycles. The number of unbranched alkanes of at least 4 members (excludes halogenated alkanes) is 8. The van der Waals surface area contributed by atoms with Crippen LogP contribution in [0.2, 0.25) is 0 Å². The zero-order valence-corrected chi connectivity index (χ0v) is 11.0. The van der Waals surface area contributed by atoms with Crippen molar-refractivity contribution in [2.24, 2.45) is 0 Å². The number of hydrogen-bond acceptors (Lipinski definition) is 1. The van der Waals surface area contributed by atoms with Crippen molar-refractivity contribution in [3.8, 4) is 0 Å². The molecule has 0 aromatic heterocycles. The maximum Gasteiger partial charge on any atom is 0.328 e. The molecule has 0 fully saturated rings. The van der Waals surface area contributed by atoms with Crippen molar-refractivity contribution < 1.29 is 9.90 Å². The van der Waals surface area contributed by atoms with E-state index < -0.39 is 5.97 Å². The Morgan fingerprint density at radius 2 is 1.53 bits per heavy atom. The van der Waals surface area contributed by atoms with E-state index in [4.69, 9.17) is 5.11 Å². The highest BCUT2D eigenvalue weighted by Crippen LogP contribution is 2.09. The second-order valence-corrected chi connectivity index (χ2v) is 4.39. The summed E-state index contributed by atoms with van der Waals surface area (Å²) in [7, 11) is 0. The van der Waals surface area contributed by atoms with E-state index in [0.29, 0.717) is 0 Å². The van der Waals surface area contributed by atoms with Gasteiger partial charge in [0.2, 0.25) is 0 Å². The third-order valence-corrected chi connectivity index (χ3v) is 2.71. The quantitative estimate of drug-likeness (QED) is 0.321. The van der Waals surface area contributed by atoms with E-state index in [2.05, 4.69) is 6.92 Å². The molecule has 0 aromatic carbocycles. The van der Waals surface area contributed by atoms with Crippen LogP contribution in [0.25, 0.3) is 0 Å². The molecule has 98 valence electrons. The van der Waals surface area contributed by atoms with E-state index in [1.165, 1.54) is 51.4 Å². The van der Waals surface area contributed by atoms with Crippen molar-refractivity contribution in [3.05, 3.63) is 24.3 Å². The molecule has 0 atom stereocenters. The lowest BCUT2D eigenvalue weighted by Gasteiger charge is -1.99. The fraction of sp³-hybridized carbons (Fsp3) is 0.667. The molecule has 0 amide bonds. The summed E-state index contributed by atoms with van der Waals surface area (Å²) < 4.78 is 0. The summed E-state index contributed by atoms with van der Waals surface area (Å²) >= 11 is 0. The zero-order chi connectivity index (χ0) is 12.8. The molecule has 0 heterocycles. The van der Waals surface area contributed by atoms with Gasteiger partial charge in [-0.1, -0.05) is 70.1 Å². The molecule has 0 unspecified atom stereocenters. The molecule has 0 radical (unpaired) electrons. The molecule has 0 aliphatic carbocycles. The van der Waals surface area contributed by atoms with Crippen LogP contribution in [0.1, 0.15) is 64.7 Å². The summed E-state index contributed by atoms with van der Waals surface area (Å²) in [5, 5.41) is 8.35. The predicted octanol–water partition coefficient (Wildman–Crippen LogP) is 4.71. The summed E-state index contributed by atoms with van der Waals surface area (Å²) in [4.78, 5) is 10.2. The van der Waals surface area contributed by atoms with Gasteiger partial charge in [-0.25, -0.2) is 4.79 Å². The summed E-state index contributed by atoms with van der Waals surface area (Å²) in [5.41, 5.74) is 0. The Kier molecular flexibility index (Phi) is 12.2. The van der Waals surface area contributed by atoms with Crippen LogP contribution in [0.3, 0.4) is 0 Å². The molecule has 1 N–H and O–H groups in total. The Morgan fingerprint density at radius 1 is 0.941 bits per heavy atom. The standard InChI is InChI=1S/C15H26O2/c1-2-3-4-5-6-7-8-9-10-11-12-13-14-15(16)17/h11-14H,2-10H2,1H3,(H,16,17). The van der Waals surface area contributed by atoms with E-state index in [1.54, 1.807) is 6.08 Å². The maximum absolute atomic E-state index is 10.2. The van der Waals surface area contributed by atoms with Crippen LogP contribution in [-0.2, 0) is 4.79 Å². The molecular formula is C15H26O2. The van der Waals surface area contributed by atoms with Gasteiger partial charge >= 0.3 is 5.97 Å². The highest BCUT2D eigenvalue weighted by atomic mass is 16.4. The van der Waals surface area contributed by atoms with Crippen LogP contribution < -0.4 is 0 Å². The van der Waals surface area contributed by atoms with E-state index in [9.17, 15) is 4.79 Å². The zero-order valence-electron chi connectivity index (χ0n) is 11.0. The second-order valence-electron chi connectivity index (χ2n) is 4.39. The maximum atomic E-state index is 10.2. The molecule has 0 saturated carbocycles. The molecule has 0 aromatic rings. The normalized spacial score (nSPS) is 11.6. The van der Waals surface area contributed by atoms with Gasteiger partial charge in [-0.05, 0) is 12.8 Å². The highest BCUT2D eigenvalue weighted by Gasteiger charge is 1.90. The van der Waals surface area contributed by atoms with E-state index in [-0.39, 0.29) is 0 Å². The average molecular weight is 238 g/mol. The Morgan fingerprint density at radius 3 is 2.12 bits per heavy atom. The number of carboxylic acid groups (broad SMARTS) is 1. The Hall–Kier alpha value is -1.05. The number of carbonyl (C=O) groups is 1. The molecule has 0 saturated heterocycles. The first kappa shape index (κ1) is 16.0. The largest absolute Gasteiger partial charge is 0.478 e. The van der Waals surface area contributed by atoms with Crippen molar-refractivity contribution in [1.29, 1.82) is 0 Å². The van der Waals surface area contributed by atoms with E-state index in [1.807, 2.05) is 12.2 Å². The first-order valence-corrected chi connectivity index (χ1v) is 6.83. The molecule has 2 nitrogen and oxygen atoms in total. The Bertz CT molecular complexity index is 229. The Labute approximate surface area is 105 Å². The van der Waals surface area contributed by atoms with Gasteiger partial charge in [0.1, 0.15) is 0 Å². The SMILES string of the molecule is CCCCCCCCCCC=CC=CC(=O)O. The summed E-state index contributed by atoms with van der Waals surface area (Å²) in [6, 6.07) is 0. The second kappa shape index (κ2) is 13.0. The third-order valence-electron chi connectivity index (χ3n) is 2.71. The lowest BCUT2D eigenvalue weighted by molar-refractivity contribution is -0.131. The van der Waals surface area contributed by atoms with Crippen LogP contribution >= 0.6 is 0 Å². The average Bonchev–Trinajstić information content (AvgIpc) is 2.30. The molecule has 17 heavy (non-hydrogen) atoms. The van der Waals surface area contributed by atoms with E-state index in [0.717, 1.165) is 12.5 Å². The van der Waals surface area contributed by atoms with Gasteiger partial charge in [0, 0.05) is 6.08 Å². The minimum atomic E-state index is -0.887. The highest BCUT2D eigenvalue weighted by molar-refractivity contribution is 5.80. The lowest BCUT2D eigenvalue weighted by atomic mass is 10.1. The van der Waals surface area contributed by atoms with Gasteiger partial charge in [-0.3, -0.25) is 0 Å². The molecule has 0 spiro atoms. The molecule has 2 heteroatoms. The summed E-state index contributed by atoms with van der Waals surface area (Å²) in [6.45, 7) is 2.24. The van der Waals surface area contributed by atoms with Crippen LogP contribution in [0.15, 0.2) is 24.3 Å². The number of aliphatic carboxylic acids is 1. The number of allylic oxidation sites excluding steroid dienone is 3. The van der Waals surface area contributed by atoms with Gasteiger partial charge < -0.3 is 5.11 Å². The van der Waals surface area contributed by atoms with Crippen LogP contribution in [0, 0.1) is 0 Å². The van der Waals surface area contributed by atoms with Gasteiger partial charge in [-0.2, -0.15) is 0 Å². The topological polar surface area (TPSA) is 37.3 Å². The monoisotopic (exact) mass is 238 g/mol. The molecular weight excluding hydrogens is 212 g/mol. The smallest absolute Gasteiger partial charge is 0.328 e. The number of rotatable bonds is 11. The van der Waals surface area contributed by atoms with Crippen LogP contribution in [-0.4, -0.2) is 11.1 Å². The molecule has 0 aliphatic rings. The predicted molar refractivity (Wildman–Crippen MR) is 73.1 cm³/mol. The van der Waals surface area contributed by atoms with Crippen LogP contribution in [0.5, 0.6) is 0 Å². The van der Waals surface area contributed by atoms with Crippen LogP contribution in [0.4, 0.5) is 0 Å². The van der Waals surface area contributed by atoms with Crippen molar-refractivity contribution in [1.82, 2.24) is 0 Å². The van der Waals surface area contributed by atoms with Crippen molar-refractivity contribution in [3.63, 3.8) is 0 Å². The third kappa shape index (κ3) is 14.9. The minimum absolute atomic E-state index is 0.887. The number of carboxylic acids is 1. The fourth-order valence-electron chi connectivity index (χ4n) is 1.71. The molecule has 0 bridgehead atoms. The van der Waals surface area contributed by atoms with Gasteiger partial charge in [0.15, 0.2) is 0 Å². The fourth-order valence-corrected chi connectivity index (χ4v) is 1.71. The number of hydrogen-bond donors (Lipinski definition) is 1. The van der Waals surface area contributed by atoms with Crippen molar-refractivity contribution >= 4 is 5.97 Å². The van der Waals surface area contributed by atoms with Gasteiger partial charge in [0.25, 0.3) is 0 Å². The molecule has 0 rings (SSSR count). The Balaban J connectivity index is 3.15.